The second-order valence-electron chi connectivity index (χ2n) is 2.90. The summed E-state index contributed by atoms with van der Waals surface area (Å²) in [7, 11) is 1.66. The van der Waals surface area contributed by atoms with Crippen molar-refractivity contribution >= 4 is 28.9 Å². The van der Waals surface area contributed by atoms with Crippen LogP contribution in [-0.2, 0) is 0 Å². The molecule has 0 aliphatic carbocycles. The lowest BCUT2D eigenvalue weighted by molar-refractivity contribution is 0.420. The van der Waals surface area contributed by atoms with E-state index in [-0.39, 0.29) is 12.4 Å². The van der Waals surface area contributed by atoms with E-state index in [1.54, 1.807) is 7.11 Å². The molecule has 0 spiro atoms. The lowest BCUT2D eigenvalue weighted by atomic mass is 10.1. The average molecular weight is 210 g/mol. The zero-order valence-electron chi connectivity index (χ0n) is 7.86. The van der Waals surface area contributed by atoms with Crippen molar-refractivity contribution < 1.29 is 4.74 Å². The number of methoxy groups -OCH3 is 1. The van der Waals surface area contributed by atoms with Gasteiger partial charge >= 0.3 is 0 Å². The van der Waals surface area contributed by atoms with E-state index in [1.165, 1.54) is 0 Å². The second kappa shape index (κ2) is 4.20. The molecule has 0 radical (unpaired) electrons. The molecule has 2 rings (SSSR count). The topological polar surface area (TPSA) is 35.2 Å². The van der Waals surface area contributed by atoms with E-state index in [4.69, 9.17) is 10.5 Å². The van der Waals surface area contributed by atoms with Crippen LogP contribution in [0.4, 0.5) is 5.69 Å². The molecule has 0 unspecified atom stereocenters. The van der Waals surface area contributed by atoms with Gasteiger partial charge in [-0.2, -0.15) is 0 Å². The van der Waals surface area contributed by atoms with E-state index in [0.29, 0.717) is 0 Å². The zero-order valence-corrected chi connectivity index (χ0v) is 8.67. The van der Waals surface area contributed by atoms with E-state index in [1.807, 2.05) is 36.4 Å². The summed E-state index contributed by atoms with van der Waals surface area (Å²) < 4.78 is 5.23. The minimum atomic E-state index is 0. The minimum absolute atomic E-state index is 0. The van der Waals surface area contributed by atoms with Crippen LogP contribution >= 0.6 is 12.4 Å². The first kappa shape index (κ1) is 10.7. The molecule has 74 valence electrons. The van der Waals surface area contributed by atoms with Crippen molar-refractivity contribution in [3.05, 3.63) is 36.4 Å². The van der Waals surface area contributed by atoms with E-state index in [0.717, 1.165) is 22.2 Å². The third-order valence-corrected chi connectivity index (χ3v) is 2.14. The Hall–Kier alpha value is -1.41. The van der Waals surface area contributed by atoms with Gasteiger partial charge < -0.3 is 10.5 Å². The van der Waals surface area contributed by atoms with Crippen molar-refractivity contribution in [3.8, 4) is 5.75 Å². The summed E-state index contributed by atoms with van der Waals surface area (Å²) in [6.07, 6.45) is 0. The van der Waals surface area contributed by atoms with Crippen molar-refractivity contribution in [2.75, 3.05) is 12.8 Å². The summed E-state index contributed by atoms with van der Waals surface area (Å²) in [6.45, 7) is 0. The van der Waals surface area contributed by atoms with Crippen LogP contribution in [0, 0.1) is 0 Å². The van der Waals surface area contributed by atoms with Crippen molar-refractivity contribution in [2.24, 2.45) is 0 Å². The molecule has 0 fully saturated rings. The smallest absolute Gasteiger partial charge is 0.126 e. The third kappa shape index (κ3) is 1.61. The molecule has 0 amide bonds. The van der Waals surface area contributed by atoms with Gasteiger partial charge in [0.1, 0.15) is 5.75 Å². The average Bonchev–Trinajstić information content (AvgIpc) is 2.19. The summed E-state index contributed by atoms with van der Waals surface area (Å²) in [5.41, 5.74) is 6.61. The van der Waals surface area contributed by atoms with Gasteiger partial charge in [-0.3, -0.25) is 0 Å². The van der Waals surface area contributed by atoms with E-state index in [2.05, 4.69) is 0 Å². The molecule has 0 aromatic heterocycles. The Balaban J connectivity index is 0.000000980. The van der Waals surface area contributed by atoms with Gasteiger partial charge in [-0.05, 0) is 12.1 Å². The summed E-state index contributed by atoms with van der Waals surface area (Å²) in [6, 6.07) is 11.7. The fourth-order valence-corrected chi connectivity index (χ4v) is 1.47. The van der Waals surface area contributed by atoms with Crippen LogP contribution in [0.15, 0.2) is 36.4 Å². The van der Waals surface area contributed by atoms with Gasteiger partial charge in [0.25, 0.3) is 0 Å². The molecular weight excluding hydrogens is 198 g/mol. The summed E-state index contributed by atoms with van der Waals surface area (Å²) in [5, 5.41) is 2.10. The fourth-order valence-electron chi connectivity index (χ4n) is 1.47. The largest absolute Gasteiger partial charge is 0.496 e. The Morgan fingerprint density at radius 3 is 2.29 bits per heavy atom. The van der Waals surface area contributed by atoms with Gasteiger partial charge in [-0.15, -0.1) is 12.4 Å². The molecule has 2 N–H and O–H groups in total. The van der Waals surface area contributed by atoms with Crippen LogP contribution in [0.5, 0.6) is 5.75 Å². The number of benzene rings is 2. The van der Waals surface area contributed by atoms with Gasteiger partial charge in [0.15, 0.2) is 0 Å². The minimum Gasteiger partial charge on any atom is -0.496 e. The summed E-state index contributed by atoms with van der Waals surface area (Å²) in [4.78, 5) is 0. The molecular formula is C11H12ClNO. The number of hydrogen-bond acceptors (Lipinski definition) is 2. The quantitative estimate of drug-likeness (QED) is 0.733. The molecule has 2 nitrogen and oxygen atoms in total. The Morgan fingerprint density at radius 1 is 1.00 bits per heavy atom. The van der Waals surface area contributed by atoms with E-state index in [9.17, 15) is 0 Å². The van der Waals surface area contributed by atoms with Crippen molar-refractivity contribution in [2.45, 2.75) is 0 Å². The highest BCUT2D eigenvalue weighted by Crippen LogP contribution is 2.29. The van der Waals surface area contributed by atoms with Gasteiger partial charge in [-0.1, -0.05) is 24.3 Å². The number of nitrogens with two attached hydrogens (primary N) is 1. The van der Waals surface area contributed by atoms with E-state index >= 15 is 0 Å². The third-order valence-electron chi connectivity index (χ3n) is 2.14. The van der Waals surface area contributed by atoms with Gasteiger partial charge in [0.2, 0.25) is 0 Å². The molecule has 0 bridgehead atoms. The maximum atomic E-state index is 5.82. The molecule has 2 aromatic carbocycles. The number of anilines is 1. The summed E-state index contributed by atoms with van der Waals surface area (Å²) >= 11 is 0. The molecule has 0 aliphatic heterocycles. The number of fused-ring (bicyclic) bond motifs is 1. The standard InChI is InChI=1S/C11H11NO.ClH/c1-13-11-7-6-10(12)8-4-2-3-5-9(8)11;/h2-7H,12H2,1H3;1H. The predicted octanol–water partition coefficient (Wildman–Crippen LogP) is 2.85. The van der Waals surface area contributed by atoms with Crippen LogP contribution in [0.1, 0.15) is 0 Å². The Kier molecular flexibility index (Phi) is 3.20. The molecule has 0 heterocycles. The maximum Gasteiger partial charge on any atom is 0.126 e. The SMILES string of the molecule is COc1ccc(N)c2ccccc12.Cl. The first-order valence-electron chi connectivity index (χ1n) is 4.14. The van der Waals surface area contributed by atoms with Crippen LogP contribution in [0.25, 0.3) is 10.8 Å². The van der Waals surface area contributed by atoms with Gasteiger partial charge in [0, 0.05) is 16.5 Å². The number of ether oxygens (including phenoxy) is 1. The zero-order chi connectivity index (χ0) is 9.26. The Bertz CT molecular complexity index is 442. The maximum absolute atomic E-state index is 5.82. The van der Waals surface area contributed by atoms with E-state index < -0.39 is 0 Å². The van der Waals surface area contributed by atoms with Gasteiger partial charge in [0.05, 0.1) is 7.11 Å². The van der Waals surface area contributed by atoms with Crippen LogP contribution < -0.4 is 10.5 Å². The second-order valence-corrected chi connectivity index (χ2v) is 2.90. The lowest BCUT2D eigenvalue weighted by Crippen LogP contribution is -1.89. The molecule has 0 atom stereocenters. The summed E-state index contributed by atoms with van der Waals surface area (Å²) in [5.74, 6) is 0.866. The number of hydrogen-bond donors (Lipinski definition) is 1. The van der Waals surface area contributed by atoms with Gasteiger partial charge in [-0.25, -0.2) is 0 Å². The highest BCUT2D eigenvalue weighted by atomic mass is 35.5. The molecule has 0 aliphatic rings. The number of rotatable bonds is 1. The fraction of sp³-hybridized carbons (Fsp3) is 0.0909. The number of halogens is 1. The Labute approximate surface area is 89.1 Å². The molecule has 3 heteroatoms. The van der Waals surface area contributed by atoms with Crippen molar-refractivity contribution in [1.82, 2.24) is 0 Å². The number of nitrogen functional groups attached to an aromatic ring is 1. The monoisotopic (exact) mass is 209 g/mol. The Morgan fingerprint density at radius 2 is 1.64 bits per heavy atom. The first-order chi connectivity index (χ1) is 6.33. The van der Waals surface area contributed by atoms with Crippen molar-refractivity contribution in [1.29, 1.82) is 0 Å². The van der Waals surface area contributed by atoms with Crippen LogP contribution in [-0.4, -0.2) is 7.11 Å². The first-order valence-corrected chi connectivity index (χ1v) is 4.14. The highest BCUT2D eigenvalue weighted by molar-refractivity contribution is 5.96. The highest BCUT2D eigenvalue weighted by Gasteiger charge is 2.01. The predicted molar refractivity (Wildman–Crippen MR) is 62.2 cm³/mol. The normalized spacial score (nSPS) is 9.50. The lowest BCUT2D eigenvalue weighted by Gasteiger charge is -2.06. The molecule has 0 saturated carbocycles. The molecule has 2 aromatic rings. The molecule has 0 saturated heterocycles. The van der Waals surface area contributed by atoms with Crippen LogP contribution in [0.3, 0.4) is 0 Å². The molecule has 14 heavy (non-hydrogen) atoms. The van der Waals surface area contributed by atoms with Crippen molar-refractivity contribution in [3.63, 3.8) is 0 Å². The van der Waals surface area contributed by atoms with Crippen LogP contribution in [0.2, 0.25) is 0 Å².